The smallest absolute Gasteiger partial charge is 0.255 e. The highest BCUT2D eigenvalue weighted by Gasteiger charge is 2.26. The van der Waals surface area contributed by atoms with Crippen LogP contribution >= 0.6 is 0 Å². The first-order valence-corrected chi connectivity index (χ1v) is 9.45. The van der Waals surface area contributed by atoms with Gasteiger partial charge in [0, 0.05) is 24.4 Å². The van der Waals surface area contributed by atoms with Crippen LogP contribution in [0.4, 0.5) is 11.4 Å². The van der Waals surface area contributed by atoms with Crippen LogP contribution in [0.1, 0.15) is 46.4 Å². The summed E-state index contributed by atoms with van der Waals surface area (Å²) in [7, 11) is 0. The number of para-hydroxylation sites is 1. The lowest BCUT2D eigenvalue weighted by molar-refractivity contribution is -0.130. The van der Waals surface area contributed by atoms with E-state index in [2.05, 4.69) is 16.1 Å². The number of benzene rings is 2. The molecule has 1 aliphatic heterocycles. The quantitative estimate of drug-likeness (QED) is 0.723. The highest BCUT2D eigenvalue weighted by atomic mass is 16.2. The average molecular weight is 392 g/mol. The number of nitrogens with zero attached hydrogens (tertiary/aromatic N) is 1. The van der Waals surface area contributed by atoms with Gasteiger partial charge >= 0.3 is 0 Å². The van der Waals surface area contributed by atoms with Crippen molar-refractivity contribution in [2.75, 3.05) is 10.3 Å². The van der Waals surface area contributed by atoms with Crippen LogP contribution in [0.25, 0.3) is 0 Å². The summed E-state index contributed by atoms with van der Waals surface area (Å²) in [4.78, 5) is 48.5. The molecule has 148 valence electrons. The molecule has 8 nitrogen and oxygen atoms in total. The molecule has 2 fully saturated rings. The highest BCUT2D eigenvalue weighted by Crippen LogP contribution is 2.22. The molecule has 0 unspecified atom stereocenters. The standard InChI is InChI=1S/C21H20N4O4/c26-18-11-12-19(27)25(24-18)15-9-5-13(6-10-15)20(28)23-17-4-2-1-3-16(17)21(29)22-14-7-8-14/h1-6,9-10,14H,7-8,11-12H2,(H,22,29)(H,23,28)(H,24,26). The molecule has 4 rings (SSSR count). The molecular weight excluding hydrogens is 372 g/mol. The summed E-state index contributed by atoms with van der Waals surface area (Å²) in [6.45, 7) is 0. The summed E-state index contributed by atoms with van der Waals surface area (Å²) < 4.78 is 0. The zero-order chi connectivity index (χ0) is 20.4. The van der Waals surface area contributed by atoms with Gasteiger partial charge in [0.2, 0.25) is 11.8 Å². The molecule has 2 aliphatic rings. The van der Waals surface area contributed by atoms with Gasteiger partial charge in [-0.2, -0.15) is 0 Å². The second-order valence-electron chi connectivity index (χ2n) is 7.06. The Bertz CT molecular complexity index is 982. The molecule has 0 aromatic heterocycles. The average Bonchev–Trinajstić information content (AvgIpc) is 3.54. The molecular formula is C21H20N4O4. The van der Waals surface area contributed by atoms with Crippen LogP contribution in [-0.2, 0) is 9.59 Å². The zero-order valence-electron chi connectivity index (χ0n) is 15.6. The minimum Gasteiger partial charge on any atom is -0.349 e. The molecule has 4 amide bonds. The van der Waals surface area contributed by atoms with Crippen molar-refractivity contribution >= 4 is 35.0 Å². The second-order valence-corrected chi connectivity index (χ2v) is 7.06. The molecule has 0 bridgehead atoms. The maximum atomic E-state index is 12.6. The van der Waals surface area contributed by atoms with Crippen molar-refractivity contribution in [3.8, 4) is 0 Å². The van der Waals surface area contributed by atoms with Crippen LogP contribution in [0.15, 0.2) is 48.5 Å². The summed E-state index contributed by atoms with van der Waals surface area (Å²) in [6.07, 6.45) is 2.27. The third-order valence-electron chi connectivity index (χ3n) is 4.77. The Morgan fingerprint density at radius 1 is 0.931 bits per heavy atom. The third kappa shape index (κ3) is 4.26. The molecule has 3 N–H and O–H groups in total. The molecule has 1 heterocycles. The van der Waals surface area contributed by atoms with E-state index in [1.807, 2.05) is 0 Å². The van der Waals surface area contributed by atoms with E-state index < -0.39 is 0 Å². The van der Waals surface area contributed by atoms with Crippen LogP contribution in [0.3, 0.4) is 0 Å². The molecule has 1 aliphatic carbocycles. The first-order valence-electron chi connectivity index (χ1n) is 9.45. The Balaban J connectivity index is 1.47. The van der Waals surface area contributed by atoms with E-state index in [0.29, 0.717) is 22.5 Å². The van der Waals surface area contributed by atoms with E-state index in [0.717, 1.165) is 12.8 Å². The summed E-state index contributed by atoms with van der Waals surface area (Å²) in [5.41, 5.74) is 4.19. The largest absolute Gasteiger partial charge is 0.349 e. The van der Waals surface area contributed by atoms with E-state index in [1.165, 1.54) is 5.01 Å². The number of anilines is 2. The topological polar surface area (TPSA) is 108 Å². The SMILES string of the molecule is O=C1CCC(=O)N(c2ccc(C(=O)Nc3ccccc3C(=O)NC3CC3)cc2)N1. The van der Waals surface area contributed by atoms with Crippen LogP contribution in [0.5, 0.6) is 0 Å². The van der Waals surface area contributed by atoms with Crippen molar-refractivity contribution in [1.82, 2.24) is 10.7 Å². The molecule has 0 atom stereocenters. The Hall–Kier alpha value is -3.68. The van der Waals surface area contributed by atoms with Crippen molar-refractivity contribution in [3.05, 3.63) is 59.7 Å². The van der Waals surface area contributed by atoms with Crippen molar-refractivity contribution in [3.63, 3.8) is 0 Å². The summed E-state index contributed by atoms with van der Waals surface area (Å²) in [5, 5.41) is 6.86. The number of hydrogen-bond acceptors (Lipinski definition) is 4. The minimum atomic E-state index is -0.378. The fourth-order valence-corrected chi connectivity index (χ4v) is 3.02. The highest BCUT2D eigenvalue weighted by molar-refractivity contribution is 6.09. The number of amides is 4. The first-order chi connectivity index (χ1) is 14.0. The second kappa shape index (κ2) is 7.75. The zero-order valence-corrected chi connectivity index (χ0v) is 15.6. The number of hydrazine groups is 1. The summed E-state index contributed by atoms with van der Waals surface area (Å²) in [6, 6.07) is 13.4. The maximum absolute atomic E-state index is 12.6. The van der Waals surface area contributed by atoms with Gasteiger partial charge in [-0.3, -0.25) is 24.6 Å². The molecule has 1 saturated carbocycles. The monoisotopic (exact) mass is 392 g/mol. The van der Waals surface area contributed by atoms with Gasteiger partial charge in [0.1, 0.15) is 0 Å². The van der Waals surface area contributed by atoms with E-state index in [-0.39, 0.29) is 42.5 Å². The minimum absolute atomic E-state index is 0.147. The predicted molar refractivity (Wildman–Crippen MR) is 106 cm³/mol. The normalized spacial score (nSPS) is 16.2. The number of carbonyl (C=O) groups is 4. The van der Waals surface area contributed by atoms with Crippen LogP contribution in [-0.4, -0.2) is 29.7 Å². The van der Waals surface area contributed by atoms with E-state index in [1.54, 1.807) is 48.5 Å². The van der Waals surface area contributed by atoms with E-state index in [4.69, 9.17) is 0 Å². The van der Waals surface area contributed by atoms with Gasteiger partial charge in [-0.05, 0) is 49.2 Å². The van der Waals surface area contributed by atoms with Crippen molar-refractivity contribution in [2.45, 2.75) is 31.7 Å². The van der Waals surface area contributed by atoms with Crippen molar-refractivity contribution in [2.24, 2.45) is 0 Å². The molecule has 1 saturated heterocycles. The maximum Gasteiger partial charge on any atom is 0.255 e. The lowest BCUT2D eigenvalue weighted by atomic mass is 10.1. The number of nitrogens with one attached hydrogen (secondary N) is 3. The van der Waals surface area contributed by atoms with Gasteiger partial charge < -0.3 is 10.6 Å². The van der Waals surface area contributed by atoms with E-state index >= 15 is 0 Å². The molecule has 0 spiro atoms. The molecule has 29 heavy (non-hydrogen) atoms. The van der Waals surface area contributed by atoms with Crippen LogP contribution < -0.4 is 21.1 Å². The number of rotatable bonds is 5. The summed E-state index contributed by atoms with van der Waals surface area (Å²) >= 11 is 0. The number of carbonyl (C=O) groups excluding carboxylic acids is 4. The Kier molecular flexibility index (Phi) is 4.99. The van der Waals surface area contributed by atoms with Gasteiger partial charge in [-0.1, -0.05) is 12.1 Å². The van der Waals surface area contributed by atoms with Gasteiger partial charge in [0.15, 0.2) is 0 Å². The van der Waals surface area contributed by atoms with Gasteiger partial charge in [0.25, 0.3) is 11.8 Å². The lowest BCUT2D eigenvalue weighted by Gasteiger charge is -2.27. The number of hydrogen-bond donors (Lipinski definition) is 3. The lowest BCUT2D eigenvalue weighted by Crippen LogP contribution is -2.50. The summed E-state index contributed by atoms with van der Waals surface area (Å²) in [5.74, 6) is -1.03. The molecule has 0 radical (unpaired) electrons. The van der Waals surface area contributed by atoms with Crippen molar-refractivity contribution in [1.29, 1.82) is 0 Å². The van der Waals surface area contributed by atoms with Gasteiger partial charge in [-0.25, -0.2) is 5.01 Å². The Morgan fingerprint density at radius 3 is 2.38 bits per heavy atom. The predicted octanol–water partition coefficient (Wildman–Crippen LogP) is 1.99. The van der Waals surface area contributed by atoms with Gasteiger partial charge in [0.05, 0.1) is 16.9 Å². The Labute approximate surface area is 167 Å². The van der Waals surface area contributed by atoms with Crippen LogP contribution in [0.2, 0.25) is 0 Å². The Morgan fingerprint density at radius 2 is 1.66 bits per heavy atom. The molecule has 8 heteroatoms. The van der Waals surface area contributed by atoms with E-state index in [9.17, 15) is 19.2 Å². The van der Waals surface area contributed by atoms with Gasteiger partial charge in [-0.15, -0.1) is 0 Å². The van der Waals surface area contributed by atoms with Crippen LogP contribution in [0, 0.1) is 0 Å². The fourth-order valence-electron chi connectivity index (χ4n) is 3.02. The fraction of sp³-hybridized carbons (Fsp3) is 0.238. The first kappa shape index (κ1) is 18.7. The molecule has 2 aromatic carbocycles. The third-order valence-corrected chi connectivity index (χ3v) is 4.77. The molecule has 2 aromatic rings. The van der Waals surface area contributed by atoms with Crippen molar-refractivity contribution < 1.29 is 19.2 Å².